The van der Waals surface area contributed by atoms with Gasteiger partial charge in [-0.2, -0.15) is 0 Å². The first kappa shape index (κ1) is 18.6. The number of piperidine rings is 1. The van der Waals surface area contributed by atoms with Crippen LogP contribution in [0.3, 0.4) is 0 Å². The highest BCUT2D eigenvalue weighted by atomic mass is 15.1. The van der Waals surface area contributed by atoms with Gasteiger partial charge in [-0.15, -0.1) is 0 Å². The maximum atomic E-state index is 2.64. The van der Waals surface area contributed by atoms with Crippen molar-refractivity contribution in [2.75, 3.05) is 38.1 Å². The Labute approximate surface area is 165 Å². The molecule has 0 unspecified atom stereocenters. The zero-order valence-corrected chi connectivity index (χ0v) is 17.2. The van der Waals surface area contributed by atoms with Crippen molar-refractivity contribution >= 4 is 5.69 Å². The van der Waals surface area contributed by atoms with Crippen LogP contribution in [0.5, 0.6) is 0 Å². The standard InChI is InChI=1S/C24H35N3/c1-20-19-24(27-18-7-4-9-23(20)27)21-10-12-22(13-11-21)25(2)14-8-17-26-15-5-3-6-16-26/h10-13,19H,3-9,14-18H2,1-2H3. The smallest absolute Gasteiger partial charge is 0.0485 e. The fourth-order valence-corrected chi connectivity index (χ4v) is 4.84. The second-order valence-corrected chi connectivity index (χ2v) is 8.49. The minimum absolute atomic E-state index is 1.13. The third-order valence-electron chi connectivity index (χ3n) is 6.49. The molecule has 0 bridgehead atoms. The second-order valence-electron chi connectivity index (χ2n) is 8.49. The van der Waals surface area contributed by atoms with Crippen molar-refractivity contribution in [3.05, 3.63) is 41.6 Å². The summed E-state index contributed by atoms with van der Waals surface area (Å²) in [5.41, 5.74) is 7.11. The number of anilines is 1. The van der Waals surface area contributed by atoms with Gasteiger partial charge >= 0.3 is 0 Å². The number of hydrogen-bond acceptors (Lipinski definition) is 2. The molecule has 146 valence electrons. The predicted molar refractivity (Wildman–Crippen MR) is 116 cm³/mol. The maximum absolute atomic E-state index is 2.64. The van der Waals surface area contributed by atoms with Crippen molar-refractivity contribution in [2.24, 2.45) is 0 Å². The summed E-state index contributed by atoms with van der Waals surface area (Å²) in [7, 11) is 2.23. The Bertz CT molecular complexity index is 738. The van der Waals surface area contributed by atoms with E-state index in [4.69, 9.17) is 0 Å². The van der Waals surface area contributed by atoms with Crippen LogP contribution in [0.15, 0.2) is 30.3 Å². The van der Waals surface area contributed by atoms with Crippen molar-refractivity contribution in [2.45, 2.75) is 58.4 Å². The molecule has 3 nitrogen and oxygen atoms in total. The molecule has 0 atom stereocenters. The zero-order valence-electron chi connectivity index (χ0n) is 17.2. The lowest BCUT2D eigenvalue weighted by Gasteiger charge is -2.27. The molecule has 3 heteroatoms. The molecule has 1 fully saturated rings. The Morgan fingerprint density at radius 1 is 0.926 bits per heavy atom. The van der Waals surface area contributed by atoms with Crippen LogP contribution in [0, 0.1) is 6.92 Å². The SMILES string of the molecule is Cc1cc(-c2ccc(N(C)CCCN3CCCCC3)cc2)n2c1CCCC2. The highest BCUT2D eigenvalue weighted by molar-refractivity contribution is 5.65. The molecule has 0 aliphatic carbocycles. The van der Waals surface area contributed by atoms with Crippen LogP contribution >= 0.6 is 0 Å². The number of benzene rings is 1. The van der Waals surface area contributed by atoms with Gasteiger partial charge in [-0.1, -0.05) is 18.6 Å². The van der Waals surface area contributed by atoms with Crippen molar-refractivity contribution < 1.29 is 0 Å². The van der Waals surface area contributed by atoms with E-state index in [0.29, 0.717) is 0 Å². The predicted octanol–water partition coefficient (Wildman–Crippen LogP) is 5.11. The van der Waals surface area contributed by atoms with Gasteiger partial charge in [0.1, 0.15) is 0 Å². The molecule has 0 N–H and O–H groups in total. The van der Waals surface area contributed by atoms with E-state index in [0.717, 1.165) is 6.54 Å². The molecule has 2 aliphatic rings. The molecule has 0 saturated carbocycles. The minimum atomic E-state index is 1.13. The Balaban J connectivity index is 1.37. The van der Waals surface area contributed by atoms with E-state index in [2.05, 4.69) is 58.7 Å². The maximum Gasteiger partial charge on any atom is 0.0485 e. The van der Waals surface area contributed by atoms with Crippen LogP contribution in [-0.4, -0.2) is 42.7 Å². The van der Waals surface area contributed by atoms with E-state index < -0.39 is 0 Å². The normalized spacial score (nSPS) is 17.7. The number of aryl methyl sites for hydroxylation is 1. The Morgan fingerprint density at radius 2 is 1.67 bits per heavy atom. The van der Waals surface area contributed by atoms with Gasteiger partial charge in [0.05, 0.1) is 0 Å². The number of rotatable bonds is 6. The Hall–Kier alpha value is -1.74. The topological polar surface area (TPSA) is 11.4 Å². The lowest BCUT2D eigenvalue weighted by molar-refractivity contribution is 0.227. The van der Waals surface area contributed by atoms with Crippen molar-refractivity contribution in [3.63, 3.8) is 0 Å². The number of aromatic nitrogens is 1. The van der Waals surface area contributed by atoms with E-state index in [9.17, 15) is 0 Å². The summed E-state index contributed by atoms with van der Waals surface area (Å²) in [5, 5.41) is 0. The third kappa shape index (κ3) is 4.24. The van der Waals surface area contributed by atoms with E-state index in [1.54, 1.807) is 5.69 Å². The number of fused-ring (bicyclic) bond motifs is 1. The zero-order chi connectivity index (χ0) is 18.6. The Morgan fingerprint density at radius 3 is 2.44 bits per heavy atom. The molecule has 1 aromatic carbocycles. The van der Waals surface area contributed by atoms with Gasteiger partial charge in [0.15, 0.2) is 0 Å². The Kier molecular flexibility index (Phi) is 5.87. The summed E-state index contributed by atoms with van der Waals surface area (Å²) >= 11 is 0. The lowest BCUT2D eigenvalue weighted by Crippen LogP contribution is -2.32. The highest BCUT2D eigenvalue weighted by Gasteiger charge is 2.17. The summed E-state index contributed by atoms with van der Waals surface area (Å²) in [4.78, 5) is 5.05. The van der Waals surface area contributed by atoms with Gasteiger partial charge in [-0.05, 0) is 94.4 Å². The van der Waals surface area contributed by atoms with Gasteiger partial charge < -0.3 is 14.4 Å². The largest absolute Gasteiger partial charge is 0.375 e. The quantitative estimate of drug-likeness (QED) is 0.704. The van der Waals surface area contributed by atoms with Crippen molar-refractivity contribution in [3.8, 4) is 11.3 Å². The van der Waals surface area contributed by atoms with Crippen molar-refractivity contribution in [1.82, 2.24) is 9.47 Å². The van der Waals surface area contributed by atoms with E-state index in [1.165, 1.54) is 93.6 Å². The molecule has 0 spiro atoms. The number of likely N-dealkylation sites (tertiary alicyclic amines) is 1. The molecule has 4 rings (SSSR count). The third-order valence-corrected chi connectivity index (χ3v) is 6.49. The molecule has 2 aliphatic heterocycles. The minimum Gasteiger partial charge on any atom is -0.375 e. The molecule has 2 aromatic rings. The molecule has 0 amide bonds. The van der Waals surface area contributed by atoms with Gasteiger partial charge in [0, 0.05) is 37.2 Å². The van der Waals surface area contributed by atoms with Crippen LogP contribution in [0.2, 0.25) is 0 Å². The molecule has 0 radical (unpaired) electrons. The summed E-state index contributed by atoms with van der Waals surface area (Å²) < 4.78 is 2.55. The van der Waals surface area contributed by atoms with Crippen LogP contribution in [0.1, 0.15) is 49.8 Å². The van der Waals surface area contributed by atoms with Gasteiger partial charge in [0.2, 0.25) is 0 Å². The van der Waals surface area contributed by atoms with Gasteiger partial charge in [0.25, 0.3) is 0 Å². The van der Waals surface area contributed by atoms with E-state index >= 15 is 0 Å². The van der Waals surface area contributed by atoms with Crippen LogP contribution in [0.25, 0.3) is 11.3 Å². The van der Waals surface area contributed by atoms with Crippen LogP contribution < -0.4 is 4.90 Å². The second kappa shape index (κ2) is 8.52. The van der Waals surface area contributed by atoms with Crippen LogP contribution in [0.4, 0.5) is 5.69 Å². The first-order valence-corrected chi connectivity index (χ1v) is 11.0. The lowest BCUT2D eigenvalue weighted by atomic mass is 10.1. The number of nitrogens with zero attached hydrogens (tertiary/aromatic N) is 3. The summed E-state index contributed by atoms with van der Waals surface area (Å²) in [6, 6.07) is 11.6. The van der Waals surface area contributed by atoms with E-state index in [1.807, 2.05) is 0 Å². The molecule has 1 saturated heterocycles. The summed E-state index contributed by atoms with van der Waals surface area (Å²) in [6.07, 6.45) is 9.35. The van der Waals surface area contributed by atoms with Crippen LogP contribution in [-0.2, 0) is 13.0 Å². The van der Waals surface area contributed by atoms with Gasteiger partial charge in [-0.3, -0.25) is 0 Å². The number of hydrogen-bond donors (Lipinski definition) is 0. The average molecular weight is 366 g/mol. The molecule has 27 heavy (non-hydrogen) atoms. The highest BCUT2D eigenvalue weighted by Crippen LogP contribution is 2.31. The van der Waals surface area contributed by atoms with Crippen molar-refractivity contribution in [1.29, 1.82) is 0 Å². The summed E-state index contributed by atoms with van der Waals surface area (Å²) in [5.74, 6) is 0. The monoisotopic (exact) mass is 365 g/mol. The fourth-order valence-electron chi connectivity index (χ4n) is 4.84. The molecule has 1 aromatic heterocycles. The fraction of sp³-hybridized carbons (Fsp3) is 0.583. The first-order valence-electron chi connectivity index (χ1n) is 11.0. The molecule has 3 heterocycles. The van der Waals surface area contributed by atoms with E-state index in [-0.39, 0.29) is 0 Å². The average Bonchev–Trinajstić information content (AvgIpc) is 3.06. The molecular weight excluding hydrogens is 330 g/mol. The molecular formula is C24H35N3. The summed E-state index contributed by atoms with van der Waals surface area (Å²) in [6.45, 7) is 8.44. The first-order chi connectivity index (χ1) is 13.2. The van der Waals surface area contributed by atoms with Gasteiger partial charge in [-0.25, -0.2) is 0 Å².